The Bertz CT molecular complexity index is 708. The van der Waals surface area contributed by atoms with E-state index in [1.807, 2.05) is 25.3 Å². The third-order valence-electron chi connectivity index (χ3n) is 6.38. The molecule has 1 unspecified atom stereocenters. The second kappa shape index (κ2) is 8.13. The van der Waals surface area contributed by atoms with Gasteiger partial charge in [0.25, 0.3) is 0 Å². The van der Waals surface area contributed by atoms with E-state index in [1.54, 1.807) is 18.4 Å². The number of benzene rings is 1. The molecule has 1 aromatic heterocycles. The highest BCUT2D eigenvalue weighted by molar-refractivity contribution is 5.16. The van der Waals surface area contributed by atoms with Crippen molar-refractivity contribution >= 4 is 0 Å². The van der Waals surface area contributed by atoms with Crippen molar-refractivity contribution in [3.63, 3.8) is 0 Å². The van der Waals surface area contributed by atoms with Crippen molar-refractivity contribution in [1.29, 1.82) is 0 Å². The normalized spacial score (nSPS) is 23.3. The van der Waals surface area contributed by atoms with Crippen molar-refractivity contribution in [3.8, 4) is 0 Å². The van der Waals surface area contributed by atoms with E-state index in [2.05, 4.69) is 15.9 Å². The van der Waals surface area contributed by atoms with Gasteiger partial charge >= 0.3 is 0 Å². The number of piperidine rings is 1. The number of ether oxygens (including phenoxy) is 1. The molecule has 0 N–H and O–H groups in total. The van der Waals surface area contributed by atoms with E-state index in [0.717, 1.165) is 51.6 Å². The topological polar surface area (TPSA) is 28.9 Å². The van der Waals surface area contributed by atoms with Gasteiger partial charge in [0.1, 0.15) is 11.6 Å². The molecule has 0 aliphatic carbocycles. The lowest BCUT2D eigenvalue weighted by Crippen LogP contribution is -2.44. The van der Waals surface area contributed by atoms with Crippen LogP contribution in [0.2, 0.25) is 0 Å². The van der Waals surface area contributed by atoms with E-state index in [-0.39, 0.29) is 5.82 Å². The minimum Gasteiger partial charge on any atom is -0.468 e. The number of halogens is 1. The first-order chi connectivity index (χ1) is 13.2. The molecule has 2 fully saturated rings. The molecule has 2 aromatic rings. The van der Waals surface area contributed by atoms with Gasteiger partial charge in [-0.25, -0.2) is 4.39 Å². The summed E-state index contributed by atoms with van der Waals surface area (Å²) in [4.78, 5) is 5.02. The van der Waals surface area contributed by atoms with Crippen LogP contribution in [0, 0.1) is 17.2 Å². The molecule has 5 heteroatoms. The molecule has 4 rings (SSSR count). The predicted molar refractivity (Wildman–Crippen MR) is 103 cm³/mol. The molecule has 2 saturated heterocycles. The first-order valence-electron chi connectivity index (χ1n) is 9.87. The summed E-state index contributed by atoms with van der Waals surface area (Å²) in [6.07, 6.45) is 4.13. The molecule has 0 saturated carbocycles. The van der Waals surface area contributed by atoms with Crippen molar-refractivity contribution in [1.82, 2.24) is 9.80 Å². The van der Waals surface area contributed by atoms with E-state index < -0.39 is 0 Å². The van der Waals surface area contributed by atoms with E-state index in [0.29, 0.717) is 11.3 Å². The average molecular weight is 372 g/mol. The smallest absolute Gasteiger partial charge is 0.123 e. The van der Waals surface area contributed by atoms with Crippen LogP contribution in [0.4, 0.5) is 4.39 Å². The fourth-order valence-electron chi connectivity index (χ4n) is 4.89. The lowest BCUT2D eigenvalue weighted by Gasteiger charge is -2.42. The average Bonchev–Trinajstić information content (AvgIpc) is 3.29. The van der Waals surface area contributed by atoms with Crippen LogP contribution in [-0.2, 0) is 17.8 Å². The quantitative estimate of drug-likeness (QED) is 0.772. The van der Waals surface area contributed by atoms with Gasteiger partial charge in [-0.3, -0.25) is 9.80 Å². The third-order valence-corrected chi connectivity index (χ3v) is 6.38. The zero-order valence-electron chi connectivity index (χ0n) is 16.1. The van der Waals surface area contributed by atoms with Crippen LogP contribution in [0.1, 0.15) is 24.2 Å². The maximum atomic E-state index is 13.1. The molecular formula is C22H29FN2O2. The Hall–Kier alpha value is -1.69. The minimum absolute atomic E-state index is 0.165. The highest BCUT2D eigenvalue weighted by Gasteiger charge is 2.47. The molecule has 3 heterocycles. The van der Waals surface area contributed by atoms with E-state index in [4.69, 9.17) is 9.15 Å². The summed E-state index contributed by atoms with van der Waals surface area (Å²) in [6.45, 7) is 6.99. The molecule has 2 aliphatic rings. The molecule has 1 atom stereocenters. The number of rotatable bonds is 6. The van der Waals surface area contributed by atoms with Gasteiger partial charge in [0, 0.05) is 32.7 Å². The van der Waals surface area contributed by atoms with Crippen LogP contribution in [0.25, 0.3) is 0 Å². The lowest BCUT2D eigenvalue weighted by atomic mass is 9.71. The second-order valence-electron chi connectivity index (χ2n) is 8.17. The molecule has 0 radical (unpaired) electrons. The number of nitrogens with zero attached hydrogens (tertiary/aromatic N) is 2. The summed E-state index contributed by atoms with van der Waals surface area (Å²) >= 11 is 0. The van der Waals surface area contributed by atoms with Crippen LogP contribution in [0.15, 0.2) is 47.1 Å². The summed E-state index contributed by atoms with van der Waals surface area (Å²) in [5.74, 6) is 1.45. The number of methoxy groups -OCH3 is 1. The van der Waals surface area contributed by atoms with Crippen molar-refractivity contribution in [2.75, 3.05) is 39.9 Å². The highest BCUT2D eigenvalue weighted by Crippen LogP contribution is 2.45. The lowest BCUT2D eigenvalue weighted by molar-refractivity contribution is 0.0350. The zero-order chi connectivity index (χ0) is 18.7. The summed E-state index contributed by atoms with van der Waals surface area (Å²) in [5, 5.41) is 0. The van der Waals surface area contributed by atoms with Gasteiger partial charge in [0.15, 0.2) is 0 Å². The van der Waals surface area contributed by atoms with Gasteiger partial charge in [-0.15, -0.1) is 0 Å². The molecule has 1 spiro atoms. The minimum atomic E-state index is -0.165. The molecule has 2 aliphatic heterocycles. The zero-order valence-corrected chi connectivity index (χ0v) is 16.1. The fourth-order valence-corrected chi connectivity index (χ4v) is 4.89. The summed E-state index contributed by atoms with van der Waals surface area (Å²) < 4.78 is 24.2. The van der Waals surface area contributed by atoms with Crippen molar-refractivity contribution in [3.05, 3.63) is 59.8 Å². The summed E-state index contributed by atoms with van der Waals surface area (Å²) in [7, 11) is 1.81. The van der Waals surface area contributed by atoms with Crippen molar-refractivity contribution < 1.29 is 13.5 Å². The Balaban J connectivity index is 1.37. The Kier molecular flexibility index (Phi) is 5.62. The Labute approximate surface area is 160 Å². The maximum absolute atomic E-state index is 13.1. The Morgan fingerprint density at radius 2 is 1.89 bits per heavy atom. The SMILES string of the molecule is COCC1CN(Cc2ccco2)CC12CCN(Cc1ccc(F)cc1)CC2. The van der Waals surface area contributed by atoms with Crippen LogP contribution >= 0.6 is 0 Å². The Morgan fingerprint density at radius 1 is 1.11 bits per heavy atom. The highest BCUT2D eigenvalue weighted by atomic mass is 19.1. The maximum Gasteiger partial charge on any atom is 0.123 e. The monoisotopic (exact) mass is 372 g/mol. The summed E-state index contributed by atoms with van der Waals surface area (Å²) in [6, 6.07) is 10.9. The van der Waals surface area contributed by atoms with Gasteiger partial charge in [-0.05, 0) is 61.2 Å². The molecule has 0 bridgehead atoms. The number of hydrogen-bond acceptors (Lipinski definition) is 4. The van der Waals surface area contributed by atoms with Gasteiger partial charge in [0.05, 0.1) is 19.4 Å². The molecular weight excluding hydrogens is 343 g/mol. The molecule has 27 heavy (non-hydrogen) atoms. The van der Waals surface area contributed by atoms with Crippen molar-refractivity contribution in [2.45, 2.75) is 25.9 Å². The largest absolute Gasteiger partial charge is 0.468 e. The van der Waals surface area contributed by atoms with Gasteiger partial charge in [-0.1, -0.05) is 12.1 Å². The third kappa shape index (κ3) is 4.26. The van der Waals surface area contributed by atoms with Gasteiger partial charge < -0.3 is 9.15 Å². The van der Waals surface area contributed by atoms with E-state index in [1.165, 1.54) is 18.4 Å². The molecule has 4 nitrogen and oxygen atoms in total. The number of furan rings is 1. The van der Waals surface area contributed by atoms with Crippen LogP contribution in [0.3, 0.4) is 0 Å². The molecule has 0 amide bonds. The van der Waals surface area contributed by atoms with Crippen LogP contribution < -0.4 is 0 Å². The van der Waals surface area contributed by atoms with Gasteiger partial charge in [0.2, 0.25) is 0 Å². The summed E-state index contributed by atoms with van der Waals surface area (Å²) in [5.41, 5.74) is 1.52. The standard InChI is InChI=1S/C22H29FN2O2/c1-26-16-19-14-25(15-21-3-2-12-27-21)17-22(19)8-10-24(11-9-22)13-18-4-6-20(23)7-5-18/h2-7,12,19H,8-11,13-17H2,1H3. The molecule has 1 aromatic carbocycles. The first-order valence-corrected chi connectivity index (χ1v) is 9.87. The Morgan fingerprint density at radius 3 is 2.56 bits per heavy atom. The van der Waals surface area contributed by atoms with E-state index >= 15 is 0 Å². The first kappa shape index (κ1) is 18.7. The predicted octanol–water partition coefficient (Wildman–Crippen LogP) is 3.78. The van der Waals surface area contributed by atoms with Crippen LogP contribution in [-0.4, -0.2) is 49.7 Å². The van der Waals surface area contributed by atoms with Crippen molar-refractivity contribution in [2.24, 2.45) is 11.3 Å². The number of hydrogen-bond donors (Lipinski definition) is 0. The van der Waals surface area contributed by atoms with Crippen LogP contribution in [0.5, 0.6) is 0 Å². The number of likely N-dealkylation sites (tertiary alicyclic amines) is 2. The molecule has 146 valence electrons. The van der Waals surface area contributed by atoms with E-state index in [9.17, 15) is 4.39 Å². The fraction of sp³-hybridized carbons (Fsp3) is 0.545. The van der Waals surface area contributed by atoms with Gasteiger partial charge in [-0.2, -0.15) is 0 Å². The second-order valence-corrected chi connectivity index (χ2v) is 8.17.